The van der Waals surface area contributed by atoms with Crippen molar-refractivity contribution in [2.45, 2.75) is 13.3 Å². The van der Waals surface area contributed by atoms with Crippen molar-refractivity contribution in [3.63, 3.8) is 0 Å². The monoisotopic (exact) mass is 198 g/mol. The number of amides is 3. The number of carbonyl (C=O) groups is 2. The van der Waals surface area contributed by atoms with Gasteiger partial charge in [-0.1, -0.05) is 6.92 Å². The van der Waals surface area contributed by atoms with E-state index in [-0.39, 0.29) is 0 Å². The smallest absolute Gasteiger partial charge is 0.319 e. The summed E-state index contributed by atoms with van der Waals surface area (Å²) in [4.78, 5) is 23.2. The molecule has 1 aromatic heterocycles. The Kier molecular flexibility index (Phi) is 3.02. The summed E-state index contributed by atoms with van der Waals surface area (Å²) >= 11 is 1.36. The van der Waals surface area contributed by atoms with Crippen LogP contribution in [0.3, 0.4) is 0 Å². The molecule has 5 heteroatoms. The largest absolute Gasteiger partial charge is 0.351 e. The molecule has 0 unspecified atom stereocenters. The second kappa shape index (κ2) is 4.04. The zero-order valence-corrected chi connectivity index (χ0v) is 7.98. The molecule has 0 aliphatic carbocycles. The molecule has 1 heterocycles. The first-order valence-electron chi connectivity index (χ1n) is 3.83. The van der Waals surface area contributed by atoms with Gasteiger partial charge in [0.1, 0.15) is 0 Å². The lowest BCUT2D eigenvalue weighted by Gasteiger charge is -1.95. The number of rotatable bonds is 2. The van der Waals surface area contributed by atoms with E-state index in [4.69, 9.17) is 5.73 Å². The fraction of sp³-hybridized carbons (Fsp3) is 0.250. The summed E-state index contributed by atoms with van der Waals surface area (Å²) in [5.41, 5.74) is 4.80. The molecule has 0 saturated carbocycles. The number of hydrogen-bond donors (Lipinski definition) is 2. The molecule has 4 nitrogen and oxygen atoms in total. The lowest BCUT2D eigenvalue weighted by atomic mass is 10.3. The Labute approximate surface area is 79.7 Å². The Morgan fingerprint density at radius 2 is 2.23 bits per heavy atom. The van der Waals surface area contributed by atoms with Gasteiger partial charge in [0.15, 0.2) is 0 Å². The number of nitrogens with two attached hydrogens (primary N) is 1. The van der Waals surface area contributed by atoms with E-state index in [9.17, 15) is 9.59 Å². The van der Waals surface area contributed by atoms with Gasteiger partial charge < -0.3 is 5.73 Å². The molecule has 0 aliphatic rings. The number of primary amides is 1. The van der Waals surface area contributed by atoms with Crippen molar-refractivity contribution in [2.24, 2.45) is 5.73 Å². The third-order valence-electron chi connectivity index (χ3n) is 1.47. The van der Waals surface area contributed by atoms with Crippen molar-refractivity contribution in [1.82, 2.24) is 5.32 Å². The Balaban J connectivity index is 2.71. The number of aryl methyl sites for hydroxylation is 1. The minimum Gasteiger partial charge on any atom is -0.351 e. The predicted molar refractivity (Wildman–Crippen MR) is 50.7 cm³/mol. The average Bonchev–Trinajstić information content (AvgIpc) is 2.50. The molecule has 13 heavy (non-hydrogen) atoms. The Morgan fingerprint density at radius 3 is 2.69 bits per heavy atom. The quantitative estimate of drug-likeness (QED) is 0.747. The normalized spacial score (nSPS) is 9.62. The minimum absolute atomic E-state index is 0.433. The van der Waals surface area contributed by atoms with Crippen molar-refractivity contribution >= 4 is 23.3 Å². The summed E-state index contributed by atoms with van der Waals surface area (Å²) in [6, 6.07) is 2.72. The fourth-order valence-corrected chi connectivity index (χ4v) is 1.71. The van der Waals surface area contributed by atoms with Gasteiger partial charge in [-0.15, -0.1) is 11.3 Å². The molecule has 0 saturated heterocycles. The zero-order valence-electron chi connectivity index (χ0n) is 7.16. The number of nitrogens with one attached hydrogen (secondary N) is 1. The highest BCUT2D eigenvalue weighted by atomic mass is 32.1. The van der Waals surface area contributed by atoms with Gasteiger partial charge >= 0.3 is 6.03 Å². The number of carbonyl (C=O) groups excluding carboxylic acids is 2. The van der Waals surface area contributed by atoms with Crippen LogP contribution in [0.15, 0.2) is 12.1 Å². The highest BCUT2D eigenvalue weighted by molar-refractivity contribution is 7.14. The maximum Gasteiger partial charge on any atom is 0.319 e. The lowest BCUT2D eigenvalue weighted by molar-refractivity contribution is 0.0970. The maximum atomic E-state index is 11.2. The number of hydrogen-bond acceptors (Lipinski definition) is 3. The Bertz CT molecular complexity index is 333. The second-order valence-corrected chi connectivity index (χ2v) is 3.61. The molecule has 3 amide bonds. The summed E-state index contributed by atoms with van der Waals surface area (Å²) in [7, 11) is 0. The molecule has 1 rings (SSSR count). The van der Waals surface area contributed by atoms with Crippen molar-refractivity contribution in [1.29, 1.82) is 0 Å². The first-order chi connectivity index (χ1) is 6.13. The molecule has 1 aromatic rings. The van der Waals surface area contributed by atoms with Crippen LogP contribution in [-0.4, -0.2) is 11.9 Å². The Hall–Kier alpha value is -1.36. The fourth-order valence-electron chi connectivity index (χ4n) is 0.863. The summed E-state index contributed by atoms with van der Waals surface area (Å²) in [5, 5.41) is 2.01. The predicted octanol–water partition coefficient (Wildman–Crippen LogP) is 1.12. The van der Waals surface area contributed by atoms with E-state index < -0.39 is 11.9 Å². The van der Waals surface area contributed by atoms with Crippen LogP contribution < -0.4 is 11.1 Å². The summed E-state index contributed by atoms with van der Waals surface area (Å²) in [6.45, 7) is 2.00. The zero-order chi connectivity index (χ0) is 9.84. The summed E-state index contributed by atoms with van der Waals surface area (Å²) in [6.07, 6.45) is 0.883. The molecule has 70 valence electrons. The average molecular weight is 198 g/mol. The standard InChI is InChI=1S/C8H10N2O2S/c1-2-5-3-4-6(13-5)7(11)10-8(9)12/h3-4H,2H2,1H3,(H3,9,10,11,12). The third-order valence-corrected chi connectivity index (χ3v) is 2.70. The van der Waals surface area contributed by atoms with E-state index in [0.29, 0.717) is 4.88 Å². The van der Waals surface area contributed by atoms with Crippen molar-refractivity contribution in [2.75, 3.05) is 0 Å². The van der Waals surface area contributed by atoms with Crippen molar-refractivity contribution in [3.8, 4) is 0 Å². The van der Waals surface area contributed by atoms with Gasteiger partial charge in [0.25, 0.3) is 5.91 Å². The SMILES string of the molecule is CCc1ccc(C(=O)NC(N)=O)s1. The maximum absolute atomic E-state index is 11.2. The van der Waals surface area contributed by atoms with Crippen LogP contribution in [-0.2, 0) is 6.42 Å². The molecule has 0 aromatic carbocycles. The first kappa shape index (κ1) is 9.73. The highest BCUT2D eigenvalue weighted by Crippen LogP contribution is 2.16. The van der Waals surface area contributed by atoms with Crippen LogP contribution in [0, 0.1) is 0 Å². The molecule has 0 radical (unpaired) electrons. The van der Waals surface area contributed by atoms with E-state index in [0.717, 1.165) is 11.3 Å². The van der Waals surface area contributed by atoms with E-state index in [1.807, 2.05) is 18.3 Å². The van der Waals surface area contributed by atoms with Gasteiger partial charge in [-0.25, -0.2) is 4.79 Å². The van der Waals surface area contributed by atoms with Crippen LogP contribution >= 0.6 is 11.3 Å². The van der Waals surface area contributed by atoms with Crippen LogP contribution in [0.25, 0.3) is 0 Å². The topological polar surface area (TPSA) is 72.2 Å². The van der Waals surface area contributed by atoms with Crippen LogP contribution in [0.1, 0.15) is 21.5 Å². The third kappa shape index (κ3) is 2.55. The first-order valence-corrected chi connectivity index (χ1v) is 4.64. The van der Waals surface area contributed by atoms with E-state index in [1.165, 1.54) is 11.3 Å². The van der Waals surface area contributed by atoms with Crippen molar-refractivity contribution < 1.29 is 9.59 Å². The summed E-state index contributed by atoms with van der Waals surface area (Å²) in [5.74, 6) is -0.433. The van der Waals surface area contributed by atoms with Crippen LogP contribution in [0.4, 0.5) is 4.79 Å². The van der Waals surface area contributed by atoms with Gasteiger partial charge in [0.2, 0.25) is 0 Å². The van der Waals surface area contributed by atoms with Crippen LogP contribution in [0.5, 0.6) is 0 Å². The second-order valence-electron chi connectivity index (χ2n) is 2.44. The van der Waals surface area contributed by atoms with Gasteiger partial charge in [-0.05, 0) is 18.6 Å². The molecule has 0 bridgehead atoms. The molecule has 0 aliphatic heterocycles. The summed E-state index contributed by atoms with van der Waals surface area (Å²) < 4.78 is 0. The molecule has 0 atom stereocenters. The number of imide groups is 1. The molecule has 0 fully saturated rings. The van der Waals surface area contributed by atoms with Gasteiger partial charge in [0.05, 0.1) is 4.88 Å². The Morgan fingerprint density at radius 1 is 1.54 bits per heavy atom. The van der Waals surface area contributed by atoms with Gasteiger partial charge in [-0.2, -0.15) is 0 Å². The van der Waals surface area contributed by atoms with E-state index >= 15 is 0 Å². The van der Waals surface area contributed by atoms with Crippen molar-refractivity contribution in [3.05, 3.63) is 21.9 Å². The minimum atomic E-state index is -0.823. The van der Waals surface area contributed by atoms with Gasteiger partial charge in [-0.3, -0.25) is 10.1 Å². The molecule has 0 spiro atoms. The van der Waals surface area contributed by atoms with E-state index in [2.05, 4.69) is 0 Å². The number of urea groups is 1. The number of thiophene rings is 1. The van der Waals surface area contributed by atoms with E-state index in [1.54, 1.807) is 6.07 Å². The lowest BCUT2D eigenvalue weighted by Crippen LogP contribution is -2.34. The van der Waals surface area contributed by atoms with Crippen LogP contribution in [0.2, 0.25) is 0 Å². The molecular formula is C8H10N2O2S. The molecule has 3 N–H and O–H groups in total. The molecular weight excluding hydrogens is 188 g/mol. The highest BCUT2D eigenvalue weighted by Gasteiger charge is 2.09. The van der Waals surface area contributed by atoms with Gasteiger partial charge in [0, 0.05) is 4.88 Å².